The smallest absolute Gasteiger partial charge is 0.430 e. The monoisotopic (exact) mass is 215 g/mol. The molecule has 0 aromatic carbocycles. The van der Waals surface area contributed by atoms with Gasteiger partial charge in [-0.25, -0.2) is 0 Å². The topological polar surface area (TPSA) is 60.4 Å². The summed E-state index contributed by atoms with van der Waals surface area (Å²) in [6.45, 7) is 2.53. The van der Waals surface area contributed by atoms with Crippen molar-refractivity contribution in [2.45, 2.75) is 38.8 Å². The first-order valence-electron chi connectivity index (χ1n) is 4.25. The minimum absolute atomic E-state index is 0.361. The average molecular weight is 215 g/mol. The minimum atomic E-state index is -5.19. The van der Waals surface area contributed by atoms with Crippen LogP contribution in [0.4, 0.5) is 13.2 Å². The van der Waals surface area contributed by atoms with Gasteiger partial charge in [-0.3, -0.25) is 0 Å². The van der Waals surface area contributed by atoms with Crippen LogP contribution in [0.15, 0.2) is 0 Å². The van der Waals surface area contributed by atoms with Crippen LogP contribution in [0.2, 0.25) is 0 Å². The molecule has 86 valence electrons. The molecular weight excluding hydrogens is 201 g/mol. The van der Waals surface area contributed by atoms with Crippen molar-refractivity contribution >= 4 is 5.97 Å². The first-order chi connectivity index (χ1) is 6.36. The molecule has 0 heterocycles. The lowest BCUT2D eigenvalue weighted by molar-refractivity contribution is -0.344. The number of carboxylic acids is 1. The van der Waals surface area contributed by atoms with Crippen LogP contribution in [0.25, 0.3) is 0 Å². The Balaban J connectivity index is 0. The number of hydrogen-bond acceptors (Lipinski definition) is 3. The van der Waals surface area contributed by atoms with E-state index in [1.54, 1.807) is 0 Å². The molecule has 0 aliphatic rings. The number of halogens is 3. The highest BCUT2D eigenvalue weighted by atomic mass is 19.4. The van der Waals surface area contributed by atoms with Crippen molar-refractivity contribution in [1.82, 2.24) is 0 Å². The summed E-state index contributed by atoms with van der Waals surface area (Å²) in [6.07, 6.45) is -0.513. The van der Waals surface area contributed by atoms with Crippen molar-refractivity contribution in [3.05, 3.63) is 0 Å². The van der Waals surface area contributed by atoms with Gasteiger partial charge in [0.1, 0.15) is 5.97 Å². The zero-order chi connectivity index (χ0) is 11.6. The second-order valence-electron chi connectivity index (χ2n) is 2.57. The third-order valence-electron chi connectivity index (χ3n) is 1.24. The molecule has 0 aromatic rings. The zero-order valence-corrected chi connectivity index (χ0v) is 7.93. The summed E-state index contributed by atoms with van der Waals surface area (Å²) in [5, 5.41) is 17.1. The van der Waals surface area contributed by atoms with Crippen molar-refractivity contribution in [1.29, 1.82) is 0 Å². The number of unbranched alkanes of at least 4 members (excludes halogenated alkanes) is 3. The van der Waals surface area contributed by atoms with Gasteiger partial charge in [0.2, 0.25) is 0 Å². The molecule has 6 heteroatoms. The van der Waals surface area contributed by atoms with Crippen LogP contribution < -0.4 is 5.11 Å². The minimum Gasteiger partial charge on any atom is -0.542 e. The van der Waals surface area contributed by atoms with Gasteiger partial charge < -0.3 is 15.0 Å². The van der Waals surface area contributed by atoms with Crippen LogP contribution >= 0.6 is 0 Å². The van der Waals surface area contributed by atoms with E-state index in [2.05, 4.69) is 6.92 Å². The number of aliphatic carboxylic acids is 1. The Kier molecular flexibility index (Phi) is 9.86. The number of hydrogen-bond donors (Lipinski definition) is 1. The number of alkyl halides is 3. The van der Waals surface area contributed by atoms with Crippen LogP contribution in [-0.2, 0) is 4.79 Å². The van der Waals surface area contributed by atoms with Crippen molar-refractivity contribution in [3.8, 4) is 0 Å². The summed E-state index contributed by atoms with van der Waals surface area (Å²) in [4.78, 5) is 8.78. The van der Waals surface area contributed by atoms with Crippen LogP contribution in [0.5, 0.6) is 0 Å². The fourth-order valence-electron chi connectivity index (χ4n) is 0.539. The quantitative estimate of drug-likeness (QED) is 0.707. The number of aliphatic hydroxyl groups excluding tert-OH is 1. The van der Waals surface area contributed by atoms with E-state index in [0.29, 0.717) is 6.61 Å². The predicted molar refractivity (Wildman–Crippen MR) is 42.3 cm³/mol. The number of aliphatic hydroxyl groups is 1. The maximum Gasteiger partial charge on any atom is 0.430 e. The summed E-state index contributed by atoms with van der Waals surface area (Å²) in [6, 6.07) is 0. The van der Waals surface area contributed by atoms with Gasteiger partial charge in [0.15, 0.2) is 0 Å². The second kappa shape index (κ2) is 8.80. The first-order valence-corrected chi connectivity index (χ1v) is 4.25. The van der Waals surface area contributed by atoms with Gasteiger partial charge in [0, 0.05) is 6.61 Å². The lowest BCUT2D eigenvalue weighted by atomic mass is 10.2. The molecule has 0 rings (SSSR count). The van der Waals surface area contributed by atoms with Crippen LogP contribution in [0.1, 0.15) is 32.6 Å². The molecule has 3 nitrogen and oxygen atoms in total. The molecule has 0 atom stereocenters. The largest absolute Gasteiger partial charge is 0.542 e. The van der Waals surface area contributed by atoms with Gasteiger partial charge in [-0.2, -0.15) is 13.2 Å². The maximum absolute atomic E-state index is 10.5. The van der Waals surface area contributed by atoms with Crippen LogP contribution in [0, 0.1) is 0 Å². The Labute approximate surface area is 80.5 Å². The Morgan fingerprint density at radius 2 is 1.71 bits per heavy atom. The van der Waals surface area contributed by atoms with E-state index >= 15 is 0 Å². The molecule has 0 amide bonds. The Bertz CT molecular complexity index is 141. The molecule has 14 heavy (non-hydrogen) atoms. The molecule has 0 aliphatic carbocycles. The summed E-state index contributed by atoms with van der Waals surface area (Å²) < 4.78 is 31.5. The Morgan fingerprint density at radius 3 is 1.93 bits per heavy atom. The lowest BCUT2D eigenvalue weighted by Crippen LogP contribution is -2.37. The van der Waals surface area contributed by atoms with Gasteiger partial charge in [0.25, 0.3) is 0 Å². The highest BCUT2D eigenvalue weighted by Crippen LogP contribution is 2.11. The Hall–Kier alpha value is -0.780. The van der Waals surface area contributed by atoms with Crippen molar-refractivity contribution in [2.24, 2.45) is 0 Å². The third-order valence-corrected chi connectivity index (χ3v) is 1.24. The van der Waals surface area contributed by atoms with E-state index < -0.39 is 12.1 Å². The van der Waals surface area contributed by atoms with Gasteiger partial charge in [-0.05, 0) is 6.42 Å². The summed E-state index contributed by atoms with van der Waals surface area (Å²) in [7, 11) is 0. The highest BCUT2D eigenvalue weighted by molar-refractivity contribution is 5.70. The molecule has 1 N–H and O–H groups in total. The average Bonchev–Trinajstić information content (AvgIpc) is 2.05. The molecular formula is C8H14F3O3-. The SMILES string of the molecule is CCCCCCO.O=C([O-])C(F)(F)F. The molecule has 0 bridgehead atoms. The fourth-order valence-corrected chi connectivity index (χ4v) is 0.539. The standard InChI is InChI=1S/C6H14O.C2HF3O2/c1-2-3-4-5-6-7;3-2(4,5)1(6)7/h7H,2-6H2,1H3;(H,6,7)/p-1. The molecule has 0 unspecified atom stereocenters. The molecule has 0 fully saturated rings. The predicted octanol–water partition coefficient (Wildman–Crippen LogP) is 0.858. The van der Waals surface area contributed by atoms with E-state index in [1.165, 1.54) is 19.3 Å². The number of carbonyl (C=O) groups is 1. The normalized spacial score (nSPS) is 10.4. The maximum atomic E-state index is 10.5. The van der Waals surface area contributed by atoms with E-state index in [9.17, 15) is 13.2 Å². The van der Waals surface area contributed by atoms with Crippen LogP contribution in [-0.4, -0.2) is 23.9 Å². The zero-order valence-electron chi connectivity index (χ0n) is 7.93. The lowest BCUT2D eigenvalue weighted by Gasteiger charge is -2.03. The van der Waals surface area contributed by atoms with E-state index in [1.807, 2.05) is 0 Å². The number of carboxylic acid groups (broad SMARTS) is 1. The van der Waals surface area contributed by atoms with Crippen LogP contribution in [0.3, 0.4) is 0 Å². The summed E-state index contributed by atoms with van der Waals surface area (Å²) in [5.74, 6) is -3.01. The van der Waals surface area contributed by atoms with Gasteiger partial charge in [-0.1, -0.05) is 26.2 Å². The molecule has 0 radical (unpaired) electrons. The highest BCUT2D eigenvalue weighted by Gasteiger charge is 2.28. The second-order valence-corrected chi connectivity index (χ2v) is 2.57. The molecule has 0 spiro atoms. The number of rotatable bonds is 4. The molecule has 0 aromatic heterocycles. The molecule has 0 saturated heterocycles. The van der Waals surface area contributed by atoms with E-state index in [4.69, 9.17) is 15.0 Å². The van der Waals surface area contributed by atoms with Gasteiger partial charge >= 0.3 is 6.18 Å². The van der Waals surface area contributed by atoms with Gasteiger partial charge in [0.05, 0.1) is 0 Å². The third kappa shape index (κ3) is 13.8. The molecule has 0 aliphatic heterocycles. The molecule has 0 saturated carbocycles. The number of carbonyl (C=O) groups excluding carboxylic acids is 1. The van der Waals surface area contributed by atoms with E-state index in [-0.39, 0.29) is 0 Å². The first kappa shape index (κ1) is 15.7. The fraction of sp³-hybridized carbons (Fsp3) is 0.875. The van der Waals surface area contributed by atoms with Crippen molar-refractivity contribution < 1.29 is 28.2 Å². The summed E-state index contributed by atoms with van der Waals surface area (Å²) in [5.41, 5.74) is 0. The van der Waals surface area contributed by atoms with Gasteiger partial charge in [-0.15, -0.1) is 0 Å². The van der Waals surface area contributed by atoms with E-state index in [0.717, 1.165) is 6.42 Å². The van der Waals surface area contributed by atoms with Crippen molar-refractivity contribution in [2.75, 3.05) is 6.61 Å². The Morgan fingerprint density at radius 1 is 1.29 bits per heavy atom. The summed E-state index contributed by atoms with van der Waals surface area (Å²) >= 11 is 0. The van der Waals surface area contributed by atoms with Crippen molar-refractivity contribution in [3.63, 3.8) is 0 Å².